The Kier molecular flexibility index (Phi) is 4.22. The highest BCUT2D eigenvalue weighted by molar-refractivity contribution is 6.01. The van der Waals surface area contributed by atoms with Gasteiger partial charge in [0.25, 0.3) is 5.56 Å². The Balaban J connectivity index is 1.87. The van der Waals surface area contributed by atoms with Crippen LogP contribution in [0.5, 0.6) is 5.75 Å². The highest BCUT2D eigenvalue weighted by Gasteiger charge is 2.24. The minimum Gasteiger partial charge on any atom is -0.508 e. The zero-order valence-corrected chi connectivity index (χ0v) is 14.2. The SMILES string of the molecule is Cn1c(N)c(C(=O)CN2CCc3ccc(O)cc3C2)c(=O)n(C)c1=O. The van der Waals surface area contributed by atoms with Crippen LogP contribution in [0.15, 0.2) is 27.8 Å². The third-order valence-corrected chi connectivity index (χ3v) is 4.64. The van der Waals surface area contributed by atoms with Gasteiger partial charge in [-0.25, -0.2) is 4.79 Å². The monoisotopic (exact) mass is 344 g/mol. The number of carbonyl (C=O) groups excluding carboxylic acids is 1. The van der Waals surface area contributed by atoms with Crippen molar-refractivity contribution in [3.05, 3.63) is 55.7 Å². The normalized spacial score (nSPS) is 14.3. The first kappa shape index (κ1) is 17.0. The quantitative estimate of drug-likeness (QED) is 0.734. The second-order valence-corrected chi connectivity index (χ2v) is 6.30. The van der Waals surface area contributed by atoms with Crippen LogP contribution in [0.1, 0.15) is 21.5 Å². The number of nitrogen functional groups attached to an aromatic ring is 1. The summed E-state index contributed by atoms with van der Waals surface area (Å²) in [6.07, 6.45) is 0.754. The molecule has 1 aliphatic rings. The van der Waals surface area contributed by atoms with E-state index in [1.165, 1.54) is 14.1 Å². The van der Waals surface area contributed by atoms with Gasteiger partial charge in [-0.3, -0.25) is 23.6 Å². The minimum absolute atomic E-state index is 0.0206. The summed E-state index contributed by atoms with van der Waals surface area (Å²) in [4.78, 5) is 38.7. The number of aromatic nitrogens is 2. The Labute approximate surface area is 143 Å². The molecule has 1 aromatic heterocycles. The molecule has 0 saturated heterocycles. The number of phenols is 1. The summed E-state index contributed by atoms with van der Waals surface area (Å²) in [6.45, 7) is 1.18. The van der Waals surface area contributed by atoms with Crippen molar-refractivity contribution in [1.29, 1.82) is 0 Å². The van der Waals surface area contributed by atoms with E-state index in [1.807, 2.05) is 11.0 Å². The van der Waals surface area contributed by atoms with Crippen LogP contribution in [0, 0.1) is 0 Å². The van der Waals surface area contributed by atoms with Gasteiger partial charge >= 0.3 is 5.69 Å². The number of fused-ring (bicyclic) bond motifs is 1. The molecule has 0 fully saturated rings. The van der Waals surface area contributed by atoms with Crippen LogP contribution in [0.25, 0.3) is 0 Å². The number of hydrogen-bond donors (Lipinski definition) is 2. The van der Waals surface area contributed by atoms with Gasteiger partial charge in [0.1, 0.15) is 17.1 Å². The van der Waals surface area contributed by atoms with Crippen LogP contribution >= 0.6 is 0 Å². The second kappa shape index (κ2) is 6.21. The van der Waals surface area contributed by atoms with Gasteiger partial charge in [0.15, 0.2) is 5.78 Å². The zero-order chi connectivity index (χ0) is 18.3. The van der Waals surface area contributed by atoms with E-state index in [-0.39, 0.29) is 23.7 Å². The number of nitrogens with two attached hydrogens (primary N) is 1. The molecule has 3 rings (SSSR count). The number of phenolic OH excluding ortho intramolecular Hbond substituents is 1. The third-order valence-electron chi connectivity index (χ3n) is 4.64. The fourth-order valence-corrected chi connectivity index (χ4v) is 3.14. The minimum atomic E-state index is -0.680. The highest BCUT2D eigenvalue weighted by Crippen LogP contribution is 2.23. The fourth-order valence-electron chi connectivity index (χ4n) is 3.14. The number of carbonyl (C=O) groups is 1. The molecule has 3 N–H and O–H groups in total. The molecule has 2 heterocycles. The molecule has 1 aliphatic heterocycles. The molecule has 2 aromatic rings. The molecule has 8 heteroatoms. The lowest BCUT2D eigenvalue weighted by atomic mass is 9.99. The van der Waals surface area contributed by atoms with Crippen molar-refractivity contribution in [2.45, 2.75) is 13.0 Å². The van der Waals surface area contributed by atoms with Crippen LogP contribution in [0.2, 0.25) is 0 Å². The molecular weight excluding hydrogens is 324 g/mol. The van der Waals surface area contributed by atoms with E-state index in [9.17, 15) is 19.5 Å². The summed E-state index contributed by atoms with van der Waals surface area (Å²) >= 11 is 0. The van der Waals surface area contributed by atoms with Crippen LogP contribution < -0.4 is 17.0 Å². The molecule has 132 valence electrons. The van der Waals surface area contributed by atoms with E-state index in [1.54, 1.807) is 12.1 Å². The van der Waals surface area contributed by atoms with Crippen LogP contribution in [0.4, 0.5) is 5.82 Å². The van der Waals surface area contributed by atoms with E-state index < -0.39 is 17.0 Å². The number of rotatable bonds is 3. The summed E-state index contributed by atoms with van der Waals surface area (Å²) in [5, 5.41) is 9.62. The number of nitrogens with zero attached hydrogens (tertiary/aromatic N) is 3. The van der Waals surface area contributed by atoms with Crippen LogP contribution in [0.3, 0.4) is 0 Å². The molecule has 1 aromatic carbocycles. The maximum atomic E-state index is 12.6. The lowest BCUT2D eigenvalue weighted by molar-refractivity contribution is 0.0919. The van der Waals surface area contributed by atoms with E-state index in [4.69, 9.17) is 5.73 Å². The lowest BCUT2D eigenvalue weighted by Crippen LogP contribution is -2.43. The molecule has 0 radical (unpaired) electrons. The molecule has 8 nitrogen and oxygen atoms in total. The molecule has 0 saturated carbocycles. The Morgan fingerprint density at radius 3 is 2.64 bits per heavy atom. The van der Waals surface area contributed by atoms with Gasteiger partial charge in [0.05, 0.1) is 6.54 Å². The van der Waals surface area contributed by atoms with Gasteiger partial charge in [-0.1, -0.05) is 6.07 Å². The third kappa shape index (κ3) is 2.96. The van der Waals surface area contributed by atoms with Crippen molar-refractivity contribution in [3.63, 3.8) is 0 Å². The summed E-state index contributed by atoms with van der Waals surface area (Å²) in [5.41, 5.74) is 6.52. The van der Waals surface area contributed by atoms with E-state index >= 15 is 0 Å². The Morgan fingerprint density at radius 2 is 1.92 bits per heavy atom. The molecule has 0 atom stereocenters. The van der Waals surface area contributed by atoms with Crippen molar-refractivity contribution in [2.75, 3.05) is 18.8 Å². The summed E-state index contributed by atoms with van der Waals surface area (Å²) in [7, 11) is 2.74. The van der Waals surface area contributed by atoms with Crippen molar-refractivity contribution in [1.82, 2.24) is 14.0 Å². The molecule has 0 aliphatic carbocycles. The molecule has 0 spiro atoms. The number of anilines is 1. The average molecular weight is 344 g/mol. The first-order valence-electron chi connectivity index (χ1n) is 7.91. The number of aromatic hydroxyl groups is 1. The Hall–Kier alpha value is -2.87. The molecule has 0 bridgehead atoms. The molecule has 25 heavy (non-hydrogen) atoms. The first-order chi connectivity index (χ1) is 11.8. The van der Waals surface area contributed by atoms with Crippen LogP contribution in [-0.2, 0) is 27.1 Å². The highest BCUT2D eigenvalue weighted by atomic mass is 16.3. The maximum absolute atomic E-state index is 12.6. The van der Waals surface area contributed by atoms with E-state index in [2.05, 4.69) is 0 Å². The summed E-state index contributed by atoms with van der Waals surface area (Å²) in [6, 6.07) is 5.21. The van der Waals surface area contributed by atoms with Crippen molar-refractivity contribution in [2.24, 2.45) is 14.1 Å². The van der Waals surface area contributed by atoms with Gasteiger partial charge in [0, 0.05) is 27.2 Å². The fraction of sp³-hybridized carbons (Fsp3) is 0.353. The first-order valence-corrected chi connectivity index (χ1v) is 7.91. The van der Waals surface area contributed by atoms with Crippen molar-refractivity contribution >= 4 is 11.6 Å². The predicted molar refractivity (Wildman–Crippen MR) is 92.8 cm³/mol. The van der Waals surface area contributed by atoms with Gasteiger partial charge in [-0.15, -0.1) is 0 Å². The lowest BCUT2D eigenvalue weighted by Gasteiger charge is -2.28. The van der Waals surface area contributed by atoms with Crippen molar-refractivity contribution < 1.29 is 9.90 Å². The summed E-state index contributed by atoms with van der Waals surface area (Å²) < 4.78 is 1.98. The van der Waals surface area contributed by atoms with Gasteiger partial charge in [-0.05, 0) is 29.7 Å². The molecular formula is C17H20N4O4. The second-order valence-electron chi connectivity index (χ2n) is 6.30. The molecule has 0 amide bonds. The van der Waals surface area contributed by atoms with Gasteiger partial charge in [0.2, 0.25) is 0 Å². The number of Topliss-reactive ketones (excluding diaryl/α,β-unsaturated/α-hetero) is 1. The Bertz CT molecular complexity index is 974. The number of ketones is 1. The van der Waals surface area contributed by atoms with Crippen molar-refractivity contribution in [3.8, 4) is 5.75 Å². The Morgan fingerprint density at radius 1 is 1.20 bits per heavy atom. The maximum Gasteiger partial charge on any atom is 0.332 e. The summed E-state index contributed by atoms with van der Waals surface area (Å²) in [5.74, 6) is -0.353. The van der Waals surface area contributed by atoms with Gasteiger partial charge in [-0.2, -0.15) is 0 Å². The van der Waals surface area contributed by atoms with E-state index in [0.717, 1.165) is 26.7 Å². The smallest absolute Gasteiger partial charge is 0.332 e. The number of benzene rings is 1. The molecule has 0 unspecified atom stereocenters. The average Bonchev–Trinajstić information content (AvgIpc) is 2.58. The predicted octanol–water partition coefficient (Wildman–Crippen LogP) is -0.387. The van der Waals surface area contributed by atoms with E-state index in [0.29, 0.717) is 13.1 Å². The van der Waals surface area contributed by atoms with Crippen LogP contribution in [-0.4, -0.2) is 38.0 Å². The van der Waals surface area contributed by atoms with Gasteiger partial charge < -0.3 is 10.8 Å². The largest absolute Gasteiger partial charge is 0.508 e. The number of hydrogen-bond acceptors (Lipinski definition) is 6. The standard InChI is InChI=1S/C17H20N4O4/c1-19-15(18)14(16(24)20(2)17(19)25)13(23)9-21-6-5-10-3-4-12(22)7-11(10)8-21/h3-4,7,22H,5-6,8-9,18H2,1-2H3. The topological polar surface area (TPSA) is 111 Å². The zero-order valence-electron chi connectivity index (χ0n) is 14.2.